The van der Waals surface area contributed by atoms with E-state index in [9.17, 15) is 0 Å². The fourth-order valence-corrected chi connectivity index (χ4v) is 3.19. The van der Waals surface area contributed by atoms with Crippen LogP contribution in [0.2, 0.25) is 0 Å². The van der Waals surface area contributed by atoms with Gasteiger partial charge >= 0.3 is 0 Å². The maximum absolute atomic E-state index is 6.41. The Labute approximate surface area is 111 Å². The second-order valence-electron chi connectivity index (χ2n) is 5.81. The van der Waals surface area contributed by atoms with Gasteiger partial charge in [-0.3, -0.25) is 0 Å². The van der Waals surface area contributed by atoms with Crippen LogP contribution in [0, 0.1) is 20.8 Å². The third-order valence-corrected chi connectivity index (χ3v) is 4.55. The highest BCUT2D eigenvalue weighted by molar-refractivity contribution is 5.38. The van der Waals surface area contributed by atoms with Crippen molar-refractivity contribution in [1.82, 2.24) is 0 Å². The molecule has 2 rings (SSSR count). The van der Waals surface area contributed by atoms with Crippen LogP contribution in [0.3, 0.4) is 0 Å². The average molecular weight is 247 g/mol. The number of aryl methyl sites for hydroxylation is 3. The Bertz CT molecular complexity index is 406. The van der Waals surface area contributed by atoms with Crippen molar-refractivity contribution in [2.24, 2.45) is 5.73 Å². The minimum Gasteiger partial charge on any atom is -0.377 e. The van der Waals surface area contributed by atoms with Crippen LogP contribution in [0.15, 0.2) is 12.1 Å². The van der Waals surface area contributed by atoms with Gasteiger partial charge in [-0.2, -0.15) is 0 Å². The highest BCUT2D eigenvalue weighted by atomic mass is 16.5. The van der Waals surface area contributed by atoms with Gasteiger partial charge in [-0.25, -0.2) is 0 Å². The van der Waals surface area contributed by atoms with Crippen LogP contribution in [0.5, 0.6) is 0 Å². The fraction of sp³-hybridized carbons (Fsp3) is 0.625. The Hall–Kier alpha value is -0.860. The standard InChI is InChI=1S/C16H25NO/c1-11-8-12(2)14(13(3)9-11)10-15(17)16(18-4)6-5-7-16/h8-9,15H,5-7,10,17H2,1-4H3. The number of hydrogen-bond acceptors (Lipinski definition) is 2. The van der Waals surface area contributed by atoms with Gasteiger partial charge in [-0.15, -0.1) is 0 Å². The number of rotatable bonds is 4. The lowest BCUT2D eigenvalue weighted by Gasteiger charge is -2.45. The fourth-order valence-electron chi connectivity index (χ4n) is 3.19. The summed E-state index contributed by atoms with van der Waals surface area (Å²) in [6, 6.07) is 4.60. The normalized spacial score (nSPS) is 19.4. The molecule has 0 radical (unpaired) electrons. The van der Waals surface area contributed by atoms with Crippen molar-refractivity contribution in [3.63, 3.8) is 0 Å². The molecular formula is C16H25NO. The van der Waals surface area contributed by atoms with Crippen LogP contribution < -0.4 is 5.73 Å². The predicted molar refractivity (Wildman–Crippen MR) is 75.9 cm³/mol. The van der Waals surface area contributed by atoms with Gasteiger partial charge < -0.3 is 10.5 Å². The van der Waals surface area contributed by atoms with E-state index in [0.717, 1.165) is 19.3 Å². The smallest absolute Gasteiger partial charge is 0.0832 e. The van der Waals surface area contributed by atoms with Crippen molar-refractivity contribution < 1.29 is 4.74 Å². The van der Waals surface area contributed by atoms with E-state index in [-0.39, 0.29) is 11.6 Å². The zero-order chi connectivity index (χ0) is 13.3. The molecule has 0 saturated heterocycles. The minimum atomic E-state index is -0.0657. The highest BCUT2D eigenvalue weighted by Crippen LogP contribution is 2.38. The molecule has 2 heteroatoms. The molecule has 1 atom stereocenters. The van der Waals surface area contributed by atoms with Crippen LogP contribution in [-0.2, 0) is 11.2 Å². The molecule has 0 aromatic heterocycles. The summed E-state index contributed by atoms with van der Waals surface area (Å²) in [5.41, 5.74) is 11.8. The summed E-state index contributed by atoms with van der Waals surface area (Å²) >= 11 is 0. The van der Waals surface area contributed by atoms with Crippen molar-refractivity contribution in [2.45, 2.75) is 58.1 Å². The molecule has 18 heavy (non-hydrogen) atoms. The van der Waals surface area contributed by atoms with Gasteiger partial charge in [0.05, 0.1) is 5.60 Å². The first-order chi connectivity index (χ1) is 8.48. The van der Waals surface area contributed by atoms with Crippen molar-refractivity contribution >= 4 is 0 Å². The Kier molecular flexibility index (Phi) is 3.79. The third kappa shape index (κ3) is 2.32. The first-order valence-corrected chi connectivity index (χ1v) is 6.86. The monoisotopic (exact) mass is 247 g/mol. The molecule has 1 aliphatic carbocycles. The number of benzene rings is 1. The van der Waals surface area contributed by atoms with Crippen LogP contribution in [0.4, 0.5) is 0 Å². The molecule has 1 saturated carbocycles. The first kappa shape index (κ1) is 13.6. The number of methoxy groups -OCH3 is 1. The van der Waals surface area contributed by atoms with Gasteiger partial charge in [-0.05, 0) is 63.1 Å². The van der Waals surface area contributed by atoms with E-state index in [1.165, 1.54) is 28.7 Å². The van der Waals surface area contributed by atoms with Crippen molar-refractivity contribution in [2.75, 3.05) is 7.11 Å². The Morgan fingerprint density at radius 1 is 1.22 bits per heavy atom. The lowest BCUT2D eigenvalue weighted by Crippen LogP contribution is -2.55. The number of nitrogens with two attached hydrogens (primary N) is 1. The van der Waals surface area contributed by atoms with Crippen LogP contribution >= 0.6 is 0 Å². The topological polar surface area (TPSA) is 35.2 Å². The van der Waals surface area contributed by atoms with E-state index in [1.807, 2.05) is 0 Å². The van der Waals surface area contributed by atoms with E-state index in [2.05, 4.69) is 32.9 Å². The van der Waals surface area contributed by atoms with Crippen LogP contribution in [0.1, 0.15) is 41.5 Å². The summed E-state index contributed by atoms with van der Waals surface area (Å²) in [7, 11) is 1.80. The van der Waals surface area contributed by atoms with Crippen LogP contribution in [0.25, 0.3) is 0 Å². The summed E-state index contributed by atoms with van der Waals surface area (Å²) in [6.45, 7) is 6.51. The summed E-state index contributed by atoms with van der Waals surface area (Å²) in [5, 5.41) is 0. The van der Waals surface area contributed by atoms with Gasteiger partial charge in [-0.1, -0.05) is 17.7 Å². The predicted octanol–water partition coefficient (Wildman–Crippen LogP) is 3.05. The van der Waals surface area contributed by atoms with Crippen molar-refractivity contribution in [1.29, 1.82) is 0 Å². The second-order valence-corrected chi connectivity index (χ2v) is 5.81. The first-order valence-electron chi connectivity index (χ1n) is 6.86. The summed E-state index contributed by atoms with van der Waals surface area (Å²) in [4.78, 5) is 0. The lowest BCUT2D eigenvalue weighted by molar-refractivity contribution is -0.0897. The maximum Gasteiger partial charge on any atom is 0.0832 e. The molecule has 0 bridgehead atoms. The molecule has 0 spiro atoms. The lowest BCUT2D eigenvalue weighted by atomic mass is 9.72. The minimum absolute atomic E-state index is 0.0657. The van der Waals surface area contributed by atoms with Crippen molar-refractivity contribution in [3.05, 3.63) is 34.4 Å². The van der Waals surface area contributed by atoms with E-state index in [4.69, 9.17) is 10.5 Å². The zero-order valence-electron chi connectivity index (χ0n) is 12.0. The third-order valence-electron chi connectivity index (χ3n) is 4.55. The molecule has 0 aliphatic heterocycles. The number of hydrogen-bond donors (Lipinski definition) is 1. The summed E-state index contributed by atoms with van der Waals surface area (Å²) in [5.74, 6) is 0. The van der Waals surface area contributed by atoms with Gasteiger partial charge in [0.25, 0.3) is 0 Å². The quantitative estimate of drug-likeness (QED) is 0.887. The van der Waals surface area contributed by atoms with Gasteiger partial charge in [0.2, 0.25) is 0 Å². The van der Waals surface area contributed by atoms with E-state index >= 15 is 0 Å². The molecule has 1 fully saturated rings. The Morgan fingerprint density at radius 2 is 1.78 bits per heavy atom. The Balaban J connectivity index is 2.19. The molecular weight excluding hydrogens is 222 g/mol. The van der Waals surface area contributed by atoms with Gasteiger partial charge in [0.15, 0.2) is 0 Å². The molecule has 1 aromatic carbocycles. The van der Waals surface area contributed by atoms with Crippen molar-refractivity contribution in [3.8, 4) is 0 Å². The highest BCUT2D eigenvalue weighted by Gasteiger charge is 2.42. The summed E-state index contributed by atoms with van der Waals surface area (Å²) in [6.07, 6.45) is 4.38. The molecule has 2 N–H and O–H groups in total. The van der Waals surface area contributed by atoms with Gasteiger partial charge in [0.1, 0.15) is 0 Å². The van der Waals surface area contributed by atoms with Gasteiger partial charge in [0, 0.05) is 13.2 Å². The molecule has 0 heterocycles. The number of ether oxygens (including phenoxy) is 1. The van der Waals surface area contributed by atoms with E-state index in [0.29, 0.717) is 0 Å². The molecule has 1 aromatic rings. The van der Waals surface area contributed by atoms with E-state index in [1.54, 1.807) is 7.11 Å². The second kappa shape index (κ2) is 5.02. The summed E-state index contributed by atoms with van der Waals surface area (Å²) < 4.78 is 5.69. The SMILES string of the molecule is COC1(C(N)Cc2c(C)cc(C)cc2C)CCC1. The largest absolute Gasteiger partial charge is 0.377 e. The Morgan fingerprint density at radius 3 is 2.17 bits per heavy atom. The average Bonchev–Trinajstić information content (AvgIpc) is 2.22. The zero-order valence-corrected chi connectivity index (χ0v) is 12.0. The van der Waals surface area contributed by atoms with E-state index < -0.39 is 0 Å². The molecule has 1 aliphatic rings. The molecule has 0 amide bonds. The maximum atomic E-state index is 6.41. The molecule has 1 unspecified atom stereocenters. The van der Waals surface area contributed by atoms with Crippen LogP contribution in [-0.4, -0.2) is 18.8 Å². The molecule has 2 nitrogen and oxygen atoms in total. The molecule has 100 valence electrons.